The van der Waals surface area contributed by atoms with Crippen molar-refractivity contribution in [1.82, 2.24) is 14.7 Å². The number of nitrogens with zero attached hydrogens (tertiary/aromatic N) is 3. The van der Waals surface area contributed by atoms with Crippen LogP contribution in [0.2, 0.25) is 5.02 Å². The van der Waals surface area contributed by atoms with Gasteiger partial charge in [-0.15, -0.1) is 0 Å². The first-order valence-corrected chi connectivity index (χ1v) is 10.8. The molecule has 29 heavy (non-hydrogen) atoms. The Balaban J connectivity index is 1.48. The number of rotatable bonds is 5. The van der Waals surface area contributed by atoms with Crippen LogP contribution < -0.4 is 5.32 Å². The van der Waals surface area contributed by atoms with Gasteiger partial charge in [-0.05, 0) is 57.6 Å². The van der Waals surface area contributed by atoms with Gasteiger partial charge in [0.2, 0.25) is 11.8 Å². The summed E-state index contributed by atoms with van der Waals surface area (Å²) in [5.41, 5.74) is 0.333. The van der Waals surface area contributed by atoms with Crippen LogP contribution in [0.25, 0.3) is 0 Å². The van der Waals surface area contributed by atoms with Gasteiger partial charge in [0.15, 0.2) is 0 Å². The van der Waals surface area contributed by atoms with Crippen molar-refractivity contribution in [3.63, 3.8) is 0 Å². The number of phenols is 1. The molecule has 160 valence electrons. The van der Waals surface area contributed by atoms with Crippen molar-refractivity contribution in [2.45, 2.75) is 32.7 Å². The first-order valence-electron chi connectivity index (χ1n) is 10.4. The van der Waals surface area contributed by atoms with E-state index in [1.165, 1.54) is 6.07 Å². The number of nitrogens with one attached hydrogen (secondary N) is 1. The highest BCUT2D eigenvalue weighted by Crippen LogP contribution is 2.28. The number of piperidine rings is 1. The third-order valence-corrected chi connectivity index (χ3v) is 6.39. The average molecular weight is 423 g/mol. The predicted molar refractivity (Wildman–Crippen MR) is 114 cm³/mol. The predicted octanol–water partition coefficient (Wildman–Crippen LogP) is 2.25. The summed E-state index contributed by atoms with van der Waals surface area (Å²) in [5, 5.41) is 13.1. The van der Waals surface area contributed by atoms with Gasteiger partial charge < -0.3 is 20.2 Å². The van der Waals surface area contributed by atoms with E-state index in [-0.39, 0.29) is 29.5 Å². The quantitative estimate of drug-likeness (QED) is 0.712. The van der Waals surface area contributed by atoms with Crippen LogP contribution in [0.5, 0.6) is 5.75 Å². The number of likely N-dealkylation sites (tertiary alicyclic amines) is 1. The van der Waals surface area contributed by atoms with E-state index in [4.69, 9.17) is 11.6 Å². The fourth-order valence-corrected chi connectivity index (χ4v) is 4.27. The van der Waals surface area contributed by atoms with Crippen molar-refractivity contribution in [3.05, 3.63) is 23.2 Å². The zero-order chi connectivity index (χ0) is 21.0. The number of benzene rings is 1. The standard InChI is InChI=1S/C21H31ClN4O3/c1-3-24-10-12-26(13-11-24)21(29)15(2)25-8-6-16(7-9-25)20(28)23-18-14-17(22)4-5-19(18)27/h4-5,14-16,27H,3,6-13H2,1-2H3,(H,23,28). The Morgan fingerprint density at radius 3 is 2.45 bits per heavy atom. The minimum absolute atomic E-state index is 0.00238. The summed E-state index contributed by atoms with van der Waals surface area (Å²) in [6.07, 6.45) is 1.38. The third kappa shape index (κ3) is 5.41. The minimum atomic E-state index is -0.163. The maximum Gasteiger partial charge on any atom is 0.239 e. The van der Waals surface area contributed by atoms with Crippen molar-refractivity contribution in [1.29, 1.82) is 0 Å². The summed E-state index contributed by atoms with van der Waals surface area (Å²) in [6, 6.07) is 4.42. The van der Waals surface area contributed by atoms with Crippen molar-refractivity contribution in [3.8, 4) is 5.75 Å². The van der Waals surface area contributed by atoms with Gasteiger partial charge in [-0.25, -0.2) is 0 Å². The molecule has 2 fully saturated rings. The lowest BCUT2D eigenvalue weighted by atomic mass is 9.94. The van der Waals surface area contributed by atoms with Crippen LogP contribution in [0.15, 0.2) is 18.2 Å². The highest BCUT2D eigenvalue weighted by atomic mass is 35.5. The zero-order valence-corrected chi connectivity index (χ0v) is 18.0. The monoisotopic (exact) mass is 422 g/mol. The Morgan fingerprint density at radius 1 is 1.17 bits per heavy atom. The second-order valence-corrected chi connectivity index (χ2v) is 8.33. The van der Waals surface area contributed by atoms with E-state index in [0.29, 0.717) is 36.6 Å². The summed E-state index contributed by atoms with van der Waals surface area (Å²) < 4.78 is 0. The van der Waals surface area contributed by atoms with Crippen LogP contribution in [-0.4, -0.2) is 83.5 Å². The van der Waals surface area contributed by atoms with Crippen molar-refractivity contribution in [2.75, 3.05) is 51.1 Å². The molecule has 0 aliphatic carbocycles. The van der Waals surface area contributed by atoms with Crippen LogP contribution in [0.3, 0.4) is 0 Å². The minimum Gasteiger partial charge on any atom is -0.506 e. The van der Waals surface area contributed by atoms with E-state index in [1.807, 2.05) is 11.8 Å². The summed E-state index contributed by atoms with van der Waals surface area (Å²) in [7, 11) is 0. The summed E-state index contributed by atoms with van der Waals surface area (Å²) >= 11 is 5.94. The summed E-state index contributed by atoms with van der Waals surface area (Å²) in [4.78, 5) is 32.0. The first kappa shape index (κ1) is 21.9. The van der Waals surface area contributed by atoms with Crippen molar-refractivity contribution < 1.29 is 14.7 Å². The molecular weight excluding hydrogens is 392 g/mol. The number of likely N-dealkylation sites (N-methyl/N-ethyl adjacent to an activating group) is 1. The number of hydrogen-bond donors (Lipinski definition) is 2. The molecule has 2 aliphatic rings. The zero-order valence-electron chi connectivity index (χ0n) is 17.2. The Kier molecular flexibility index (Phi) is 7.38. The Hall–Kier alpha value is -1.83. The molecule has 0 aromatic heterocycles. The lowest BCUT2D eigenvalue weighted by Crippen LogP contribution is -2.55. The molecule has 3 rings (SSSR count). The fourth-order valence-electron chi connectivity index (χ4n) is 4.10. The fraction of sp³-hybridized carbons (Fsp3) is 0.619. The van der Waals surface area contributed by atoms with Gasteiger partial charge in [-0.3, -0.25) is 14.5 Å². The molecule has 2 saturated heterocycles. The van der Waals surface area contributed by atoms with Crippen LogP contribution in [-0.2, 0) is 9.59 Å². The summed E-state index contributed by atoms with van der Waals surface area (Å²) in [5.74, 6) is -0.0630. The van der Waals surface area contributed by atoms with Gasteiger partial charge in [0.1, 0.15) is 5.75 Å². The van der Waals surface area contributed by atoms with E-state index in [9.17, 15) is 14.7 Å². The molecule has 0 radical (unpaired) electrons. The van der Waals surface area contributed by atoms with Gasteiger partial charge in [-0.2, -0.15) is 0 Å². The lowest BCUT2D eigenvalue weighted by molar-refractivity contribution is -0.138. The Labute approximate surface area is 177 Å². The van der Waals surface area contributed by atoms with Crippen molar-refractivity contribution in [2.24, 2.45) is 5.92 Å². The number of carbonyl (C=O) groups excluding carboxylic acids is 2. The first-order chi connectivity index (χ1) is 13.9. The Bertz CT molecular complexity index is 729. The third-order valence-electron chi connectivity index (χ3n) is 6.15. The Morgan fingerprint density at radius 2 is 1.83 bits per heavy atom. The number of hydrogen-bond acceptors (Lipinski definition) is 5. The van der Waals surface area contributed by atoms with E-state index in [2.05, 4.69) is 22.0 Å². The normalized spacial score (nSPS) is 20.4. The van der Waals surface area contributed by atoms with Crippen molar-refractivity contribution >= 4 is 29.1 Å². The highest BCUT2D eigenvalue weighted by molar-refractivity contribution is 6.31. The molecule has 2 heterocycles. The second-order valence-electron chi connectivity index (χ2n) is 7.90. The van der Waals surface area contributed by atoms with Gasteiger partial charge in [-0.1, -0.05) is 18.5 Å². The van der Waals surface area contributed by atoms with Crippen LogP contribution >= 0.6 is 11.6 Å². The molecule has 2 N–H and O–H groups in total. The molecular formula is C21H31ClN4O3. The molecule has 0 spiro atoms. The highest BCUT2D eigenvalue weighted by Gasteiger charge is 2.32. The number of amides is 2. The van der Waals surface area contributed by atoms with E-state index in [0.717, 1.165) is 32.7 Å². The van der Waals surface area contributed by atoms with E-state index in [1.54, 1.807) is 12.1 Å². The molecule has 0 saturated carbocycles. The van der Waals surface area contributed by atoms with E-state index >= 15 is 0 Å². The maximum absolute atomic E-state index is 12.9. The topological polar surface area (TPSA) is 76.1 Å². The van der Waals surface area contributed by atoms with Gasteiger partial charge in [0.25, 0.3) is 0 Å². The largest absolute Gasteiger partial charge is 0.506 e. The average Bonchev–Trinajstić information content (AvgIpc) is 2.75. The SMILES string of the molecule is CCN1CCN(C(=O)C(C)N2CCC(C(=O)Nc3cc(Cl)ccc3O)CC2)CC1. The molecule has 2 amide bonds. The lowest BCUT2D eigenvalue weighted by Gasteiger charge is -2.39. The number of aromatic hydroxyl groups is 1. The molecule has 0 bridgehead atoms. The molecule has 1 atom stereocenters. The van der Waals surface area contributed by atoms with Gasteiger partial charge in [0, 0.05) is 37.1 Å². The molecule has 1 unspecified atom stereocenters. The number of piperazine rings is 1. The van der Waals surface area contributed by atoms with Crippen LogP contribution in [0, 0.1) is 5.92 Å². The van der Waals surface area contributed by atoms with E-state index < -0.39 is 0 Å². The molecule has 1 aromatic carbocycles. The smallest absolute Gasteiger partial charge is 0.239 e. The van der Waals surface area contributed by atoms with Crippen LogP contribution in [0.1, 0.15) is 26.7 Å². The molecule has 7 nitrogen and oxygen atoms in total. The number of anilines is 1. The summed E-state index contributed by atoms with van der Waals surface area (Å²) in [6.45, 7) is 10.0. The maximum atomic E-state index is 12.9. The van der Waals surface area contributed by atoms with Gasteiger partial charge >= 0.3 is 0 Å². The van der Waals surface area contributed by atoms with Crippen LogP contribution in [0.4, 0.5) is 5.69 Å². The molecule has 1 aromatic rings. The molecule has 2 aliphatic heterocycles. The number of carbonyl (C=O) groups is 2. The number of phenolic OH excluding ortho intramolecular Hbond substituents is 1. The van der Waals surface area contributed by atoms with Gasteiger partial charge in [0.05, 0.1) is 11.7 Å². The number of halogens is 1. The molecule has 8 heteroatoms. The second kappa shape index (κ2) is 9.78.